The van der Waals surface area contributed by atoms with Gasteiger partial charge in [0.2, 0.25) is 0 Å². The van der Waals surface area contributed by atoms with Gasteiger partial charge < -0.3 is 0 Å². The lowest BCUT2D eigenvalue weighted by molar-refractivity contribution is -0.287. The first-order valence-electron chi connectivity index (χ1n) is 11.8. The molecule has 4 rings (SSSR count). The molecule has 0 N–H and O–H groups in total. The van der Waals surface area contributed by atoms with Gasteiger partial charge in [-0.3, -0.25) is 8.42 Å². The van der Waals surface area contributed by atoms with Crippen LogP contribution in [0.1, 0.15) is 81.1 Å². The molecular weight excluding hydrogens is 497 g/mol. The number of nitrogens with zero attached hydrogens (tertiary/aromatic N) is 2. The first-order valence-corrected chi connectivity index (χ1v) is 16.4. The molecule has 4 fully saturated rings. The summed E-state index contributed by atoms with van der Waals surface area (Å²) < 4.78 is 26.9. The number of hydrogen-bond donors (Lipinski definition) is 0. The van der Waals surface area contributed by atoms with Crippen LogP contribution in [0.25, 0.3) is 0 Å². The third kappa shape index (κ3) is 4.34. The van der Waals surface area contributed by atoms with Crippen LogP contribution in [0.5, 0.6) is 0 Å². The van der Waals surface area contributed by atoms with Crippen molar-refractivity contribution in [3.05, 3.63) is 0 Å². The second-order valence-corrected chi connectivity index (χ2v) is 20.2. The van der Waals surface area contributed by atoms with E-state index in [1.165, 1.54) is 10.1 Å². The van der Waals surface area contributed by atoms with Crippen LogP contribution in [-0.4, -0.2) is 71.9 Å². The minimum atomic E-state index is -1.11. The Kier molecular flexibility index (Phi) is 6.45. The summed E-state index contributed by atoms with van der Waals surface area (Å²) in [6.45, 7) is 15.7. The summed E-state index contributed by atoms with van der Waals surface area (Å²) >= 11 is 3.54. The van der Waals surface area contributed by atoms with E-state index in [4.69, 9.17) is 0 Å². The fourth-order valence-corrected chi connectivity index (χ4v) is 17.4. The lowest BCUT2D eigenvalue weighted by Crippen LogP contribution is -2.67. The third-order valence-electron chi connectivity index (χ3n) is 7.99. The van der Waals surface area contributed by atoms with Gasteiger partial charge in [-0.15, -0.1) is 44.1 Å². The van der Waals surface area contributed by atoms with E-state index in [-0.39, 0.29) is 5.41 Å². The van der Waals surface area contributed by atoms with Gasteiger partial charge in [0.25, 0.3) is 0 Å². The Labute approximate surface area is 213 Å². The van der Waals surface area contributed by atoms with Gasteiger partial charge in [0, 0.05) is 72.2 Å². The van der Waals surface area contributed by atoms with Crippen molar-refractivity contribution in [2.24, 2.45) is 5.41 Å². The van der Waals surface area contributed by atoms with Crippen molar-refractivity contribution in [1.29, 1.82) is 0 Å². The Morgan fingerprint density at radius 1 is 0.576 bits per heavy atom. The molecule has 0 aromatic carbocycles. The van der Waals surface area contributed by atoms with Crippen molar-refractivity contribution in [2.45, 2.75) is 111 Å². The zero-order valence-corrected chi connectivity index (χ0v) is 24.6. The van der Waals surface area contributed by atoms with E-state index >= 15 is 0 Å². The highest BCUT2D eigenvalue weighted by atomic mass is 32.2. The molecule has 190 valence electrons. The van der Waals surface area contributed by atoms with E-state index < -0.39 is 51.9 Å². The summed E-state index contributed by atoms with van der Waals surface area (Å²) in [5.74, 6) is 2.78. The zero-order chi connectivity index (χ0) is 24.9. The molecule has 0 aliphatic carbocycles. The highest BCUT2D eigenvalue weighted by Crippen LogP contribution is 2.60. The van der Waals surface area contributed by atoms with Crippen molar-refractivity contribution in [1.82, 2.24) is 10.1 Å². The van der Waals surface area contributed by atoms with Gasteiger partial charge in [0.15, 0.2) is 0 Å². The summed E-state index contributed by atoms with van der Waals surface area (Å²) in [6, 6.07) is 0. The Bertz CT molecular complexity index is 767. The number of rotatable bonds is 0. The summed E-state index contributed by atoms with van der Waals surface area (Å²) in [7, 11) is -2.21. The topological polar surface area (TPSA) is 80.4 Å². The first kappa shape index (κ1) is 26.9. The van der Waals surface area contributed by atoms with E-state index in [0.717, 1.165) is 11.5 Å². The van der Waals surface area contributed by atoms with Crippen LogP contribution in [0.3, 0.4) is 0 Å². The molecule has 4 saturated heterocycles. The number of thioether (sulfide) groups is 2. The fourth-order valence-electron chi connectivity index (χ4n) is 6.98. The highest BCUT2D eigenvalue weighted by molar-refractivity contribution is 8.14. The highest BCUT2D eigenvalue weighted by Gasteiger charge is 2.63. The molecule has 4 aliphatic rings. The van der Waals surface area contributed by atoms with E-state index in [2.05, 4.69) is 0 Å². The maximum absolute atomic E-state index is 13.9. The Balaban J connectivity index is 1.54. The van der Waals surface area contributed by atoms with Gasteiger partial charge >= 0.3 is 0 Å². The normalized spacial score (nSPS) is 41.4. The number of hydrogen-bond acceptors (Lipinski definition) is 6. The summed E-state index contributed by atoms with van der Waals surface area (Å²) in [5, 5.41) is 28.2. The fraction of sp³-hybridized carbons (Fsp3) is 1.00. The first-order chi connectivity index (χ1) is 14.8. The lowest BCUT2D eigenvalue weighted by Gasteiger charge is -2.60. The molecule has 4 aliphatic heterocycles. The maximum Gasteiger partial charge on any atom is 0.0945 e. The summed E-state index contributed by atoms with van der Waals surface area (Å²) in [6.07, 6.45) is 2.45. The van der Waals surface area contributed by atoms with Crippen molar-refractivity contribution >= 4 is 45.1 Å². The van der Waals surface area contributed by atoms with Crippen LogP contribution in [-0.2, 0) is 32.0 Å². The van der Waals surface area contributed by atoms with Crippen LogP contribution in [0.2, 0.25) is 0 Å². The molecular formula is C23H40N2O4S4. The Morgan fingerprint density at radius 3 is 1.09 bits per heavy atom. The van der Waals surface area contributed by atoms with Crippen LogP contribution in [0, 0.1) is 5.41 Å². The van der Waals surface area contributed by atoms with Gasteiger partial charge in [-0.1, -0.05) is 0 Å². The monoisotopic (exact) mass is 536 g/mol. The van der Waals surface area contributed by atoms with Crippen LogP contribution >= 0.6 is 23.5 Å². The molecule has 2 radical (unpaired) electrons. The van der Waals surface area contributed by atoms with Crippen LogP contribution < -0.4 is 0 Å². The van der Waals surface area contributed by atoms with Crippen LogP contribution in [0.15, 0.2) is 0 Å². The van der Waals surface area contributed by atoms with E-state index in [1.807, 2.05) is 55.4 Å². The van der Waals surface area contributed by atoms with Gasteiger partial charge in [0.05, 0.1) is 8.16 Å². The average Bonchev–Trinajstić information content (AvgIpc) is 2.64. The third-order valence-corrected chi connectivity index (χ3v) is 16.9. The lowest BCUT2D eigenvalue weighted by atomic mass is 9.81. The quantitative estimate of drug-likeness (QED) is 0.458. The summed E-state index contributed by atoms with van der Waals surface area (Å²) in [4.78, 5) is 0. The van der Waals surface area contributed by atoms with Gasteiger partial charge in [0.1, 0.15) is 0 Å². The second-order valence-electron chi connectivity index (χ2n) is 13.4. The average molecular weight is 537 g/mol. The van der Waals surface area contributed by atoms with Crippen molar-refractivity contribution in [2.75, 3.05) is 23.0 Å². The largest absolute Gasteiger partial charge is 0.258 e. The minimum Gasteiger partial charge on any atom is -0.258 e. The molecule has 0 saturated carbocycles. The SMILES string of the molecule is CC1(C)CC2(CC(C)(C)N1[O])SCC1(CSC3(CC(C)(C)N([O])C(C)(C)C3)S(=O)C1)CS2=O. The molecule has 33 heavy (non-hydrogen) atoms. The van der Waals surface area contributed by atoms with Gasteiger partial charge in [-0.25, -0.2) is 0 Å². The molecule has 0 aromatic rings. The molecule has 4 heterocycles. The van der Waals surface area contributed by atoms with Crippen molar-refractivity contribution in [3.8, 4) is 0 Å². The Morgan fingerprint density at radius 2 is 0.848 bits per heavy atom. The molecule has 0 bridgehead atoms. The molecule has 2 unspecified atom stereocenters. The molecule has 0 amide bonds. The number of hydroxylamine groups is 4. The van der Waals surface area contributed by atoms with Crippen molar-refractivity contribution in [3.63, 3.8) is 0 Å². The molecule has 2 atom stereocenters. The van der Waals surface area contributed by atoms with E-state index in [9.17, 15) is 18.8 Å². The molecule has 3 spiro atoms. The zero-order valence-electron chi connectivity index (χ0n) is 21.3. The van der Waals surface area contributed by atoms with Gasteiger partial charge in [-0.2, -0.15) is 0 Å². The predicted octanol–water partition coefficient (Wildman–Crippen LogP) is 4.35. The smallest absolute Gasteiger partial charge is 0.0945 e. The summed E-state index contributed by atoms with van der Waals surface area (Å²) in [5.41, 5.74) is -2.47. The van der Waals surface area contributed by atoms with Crippen LogP contribution in [0.4, 0.5) is 0 Å². The molecule has 6 nitrogen and oxygen atoms in total. The van der Waals surface area contributed by atoms with E-state index in [0.29, 0.717) is 37.2 Å². The molecule has 0 aromatic heterocycles. The van der Waals surface area contributed by atoms with E-state index in [1.54, 1.807) is 23.5 Å². The standard InChI is InChI=1S/C23H40N2O4S4/c1-17(2)9-22(10-18(3,4)24(17)26)30-13-21(15-32(22)28)14-31-23(33(29)16-21)11-19(5,6)25(27)20(7,8)12-23/h9-16H2,1-8H3. The van der Waals surface area contributed by atoms with Gasteiger partial charge in [-0.05, 0) is 81.1 Å². The minimum absolute atomic E-state index is 0.215. The second kappa shape index (κ2) is 7.92. The maximum atomic E-state index is 13.9. The molecule has 10 heteroatoms. The Hall–Kier alpha value is 0.840. The number of piperidine rings is 2. The predicted molar refractivity (Wildman–Crippen MR) is 139 cm³/mol. The van der Waals surface area contributed by atoms with Crippen molar-refractivity contribution < 1.29 is 18.8 Å².